The normalized spacial score (nSPS) is 11.1. The molecule has 17 heavy (non-hydrogen) atoms. The van der Waals surface area contributed by atoms with Gasteiger partial charge in [-0.25, -0.2) is 0 Å². The minimum atomic E-state index is 0.634. The van der Waals surface area contributed by atoms with E-state index in [-0.39, 0.29) is 0 Å². The Morgan fingerprint density at radius 1 is 1.24 bits per heavy atom. The lowest BCUT2D eigenvalue weighted by atomic mass is 10.2. The Bertz CT molecular complexity index is 342. The SMILES string of the molecule is CCCN(CCNC)Cc1cccc(Cl)c1Cl. The van der Waals surface area contributed by atoms with Crippen molar-refractivity contribution in [1.82, 2.24) is 10.2 Å². The van der Waals surface area contributed by atoms with Crippen molar-refractivity contribution in [3.63, 3.8) is 0 Å². The minimum absolute atomic E-state index is 0.634. The van der Waals surface area contributed by atoms with Crippen LogP contribution in [0.3, 0.4) is 0 Å². The van der Waals surface area contributed by atoms with Gasteiger partial charge in [-0.1, -0.05) is 42.3 Å². The molecule has 0 spiro atoms. The first-order chi connectivity index (χ1) is 8.19. The fourth-order valence-corrected chi connectivity index (χ4v) is 2.15. The van der Waals surface area contributed by atoms with E-state index in [0.717, 1.165) is 38.2 Å². The van der Waals surface area contributed by atoms with Crippen LogP contribution in [0.25, 0.3) is 0 Å². The summed E-state index contributed by atoms with van der Waals surface area (Å²) >= 11 is 12.2. The van der Waals surface area contributed by atoms with Gasteiger partial charge in [0.2, 0.25) is 0 Å². The number of likely N-dealkylation sites (N-methyl/N-ethyl adjacent to an activating group) is 1. The van der Waals surface area contributed by atoms with Crippen LogP contribution in [-0.2, 0) is 6.54 Å². The Labute approximate surface area is 114 Å². The number of halogens is 2. The van der Waals surface area contributed by atoms with E-state index in [1.807, 2.05) is 25.2 Å². The van der Waals surface area contributed by atoms with Gasteiger partial charge in [-0.2, -0.15) is 0 Å². The maximum Gasteiger partial charge on any atom is 0.0637 e. The molecule has 0 aromatic heterocycles. The molecule has 0 saturated heterocycles. The summed E-state index contributed by atoms with van der Waals surface area (Å²) in [7, 11) is 1.97. The van der Waals surface area contributed by atoms with Crippen molar-refractivity contribution < 1.29 is 0 Å². The Balaban J connectivity index is 2.67. The van der Waals surface area contributed by atoms with Gasteiger partial charge in [0.15, 0.2) is 0 Å². The van der Waals surface area contributed by atoms with Gasteiger partial charge in [0, 0.05) is 19.6 Å². The molecule has 0 atom stereocenters. The van der Waals surface area contributed by atoms with Gasteiger partial charge < -0.3 is 5.32 Å². The summed E-state index contributed by atoms with van der Waals surface area (Å²) in [4.78, 5) is 2.38. The van der Waals surface area contributed by atoms with Gasteiger partial charge in [-0.05, 0) is 31.6 Å². The molecular formula is C13H20Cl2N2. The largest absolute Gasteiger partial charge is 0.318 e. The highest BCUT2D eigenvalue weighted by Crippen LogP contribution is 2.26. The average Bonchev–Trinajstić information content (AvgIpc) is 2.32. The van der Waals surface area contributed by atoms with Gasteiger partial charge in [0.1, 0.15) is 0 Å². The zero-order valence-electron chi connectivity index (χ0n) is 10.5. The molecule has 1 aromatic carbocycles. The summed E-state index contributed by atoms with van der Waals surface area (Å²) < 4.78 is 0. The summed E-state index contributed by atoms with van der Waals surface area (Å²) in [5.74, 6) is 0. The zero-order valence-corrected chi connectivity index (χ0v) is 12.0. The second-order valence-electron chi connectivity index (χ2n) is 4.09. The molecule has 0 aliphatic rings. The van der Waals surface area contributed by atoms with Crippen LogP contribution in [0.15, 0.2) is 18.2 Å². The fraction of sp³-hybridized carbons (Fsp3) is 0.538. The molecule has 0 heterocycles. The van der Waals surface area contributed by atoms with Gasteiger partial charge in [0.05, 0.1) is 10.0 Å². The van der Waals surface area contributed by atoms with Crippen LogP contribution in [0, 0.1) is 0 Å². The van der Waals surface area contributed by atoms with Crippen LogP contribution >= 0.6 is 23.2 Å². The van der Waals surface area contributed by atoms with Gasteiger partial charge in [0.25, 0.3) is 0 Å². The van der Waals surface area contributed by atoms with Crippen LogP contribution in [-0.4, -0.2) is 31.6 Å². The Morgan fingerprint density at radius 3 is 2.65 bits per heavy atom. The topological polar surface area (TPSA) is 15.3 Å². The van der Waals surface area contributed by atoms with Gasteiger partial charge in [-0.15, -0.1) is 0 Å². The van der Waals surface area contributed by atoms with Crippen LogP contribution in [0.1, 0.15) is 18.9 Å². The Morgan fingerprint density at radius 2 is 2.00 bits per heavy atom. The van der Waals surface area contributed by atoms with Crippen LogP contribution in [0.2, 0.25) is 10.0 Å². The van der Waals surface area contributed by atoms with Crippen LogP contribution < -0.4 is 5.32 Å². The highest BCUT2D eigenvalue weighted by molar-refractivity contribution is 6.42. The van der Waals surface area contributed by atoms with Gasteiger partial charge in [-0.3, -0.25) is 4.90 Å². The lowest BCUT2D eigenvalue weighted by molar-refractivity contribution is 0.268. The third-order valence-corrected chi connectivity index (χ3v) is 3.50. The average molecular weight is 275 g/mol. The highest BCUT2D eigenvalue weighted by Gasteiger charge is 2.09. The molecule has 1 aromatic rings. The van der Waals surface area contributed by atoms with E-state index in [4.69, 9.17) is 23.2 Å². The first-order valence-corrected chi connectivity index (χ1v) is 6.74. The third-order valence-electron chi connectivity index (χ3n) is 2.64. The summed E-state index contributed by atoms with van der Waals surface area (Å²) in [6.07, 6.45) is 1.14. The second kappa shape index (κ2) is 7.93. The van der Waals surface area contributed by atoms with Crippen LogP contribution in [0.5, 0.6) is 0 Å². The van der Waals surface area contributed by atoms with E-state index < -0.39 is 0 Å². The van der Waals surface area contributed by atoms with Crippen molar-refractivity contribution in [2.24, 2.45) is 0 Å². The standard InChI is InChI=1S/C13H20Cl2N2/c1-3-8-17(9-7-16-2)10-11-5-4-6-12(14)13(11)15/h4-6,16H,3,7-10H2,1-2H3. The highest BCUT2D eigenvalue weighted by atomic mass is 35.5. The van der Waals surface area contributed by atoms with E-state index in [9.17, 15) is 0 Å². The van der Waals surface area contributed by atoms with E-state index in [1.165, 1.54) is 0 Å². The van der Waals surface area contributed by atoms with Crippen molar-refractivity contribution >= 4 is 23.2 Å². The molecule has 1 rings (SSSR count). The molecule has 0 aliphatic carbocycles. The smallest absolute Gasteiger partial charge is 0.0637 e. The molecule has 0 fully saturated rings. The summed E-state index contributed by atoms with van der Waals surface area (Å²) in [5, 5.41) is 4.48. The molecule has 0 amide bonds. The van der Waals surface area contributed by atoms with Crippen molar-refractivity contribution in [3.05, 3.63) is 33.8 Å². The minimum Gasteiger partial charge on any atom is -0.318 e. The first kappa shape index (κ1) is 14.8. The molecule has 0 radical (unpaired) electrons. The molecule has 0 bridgehead atoms. The van der Waals surface area contributed by atoms with Crippen molar-refractivity contribution in [2.45, 2.75) is 19.9 Å². The lowest BCUT2D eigenvalue weighted by Gasteiger charge is -2.22. The van der Waals surface area contributed by atoms with E-state index in [0.29, 0.717) is 10.0 Å². The molecule has 96 valence electrons. The Kier molecular flexibility index (Phi) is 6.90. The molecule has 0 saturated carbocycles. The van der Waals surface area contributed by atoms with Crippen molar-refractivity contribution in [2.75, 3.05) is 26.7 Å². The molecular weight excluding hydrogens is 255 g/mol. The van der Waals surface area contributed by atoms with E-state index in [1.54, 1.807) is 0 Å². The van der Waals surface area contributed by atoms with E-state index >= 15 is 0 Å². The Hall–Kier alpha value is -0.280. The zero-order chi connectivity index (χ0) is 12.7. The van der Waals surface area contributed by atoms with Crippen LogP contribution in [0.4, 0.5) is 0 Å². The molecule has 2 nitrogen and oxygen atoms in total. The number of hydrogen-bond donors (Lipinski definition) is 1. The quantitative estimate of drug-likeness (QED) is 0.820. The number of nitrogens with zero attached hydrogens (tertiary/aromatic N) is 1. The lowest BCUT2D eigenvalue weighted by Crippen LogP contribution is -2.31. The summed E-state index contributed by atoms with van der Waals surface area (Å²) in [6, 6.07) is 5.81. The number of hydrogen-bond acceptors (Lipinski definition) is 2. The predicted molar refractivity (Wildman–Crippen MR) is 76.0 cm³/mol. The predicted octanol–water partition coefficient (Wildman–Crippen LogP) is 3.42. The van der Waals surface area contributed by atoms with Gasteiger partial charge >= 0.3 is 0 Å². The number of benzene rings is 1. The summed E-state index contributed by atoms with van der Waals surface area (Å²) in [5.41, 5.74) is 1.10. The summed E-state index contributed by atoms with van der Waals surface area (Å²) in [6.45, 7) is 6.12. The molecule has 4 heteroatoms. The molecule has 1 N–H and O–H groups in total. The van der Waals surface area contributed by atoms with Crippen molar-refractivity contribution in [1.29, 1.82) is 0 Å². The first-order valence-electron chi connectivity index (χ1n) is 5.98. The van der Waals surface area contributed by atoms with Crippen molar-refractivity contribution in [3.8, 4) is 0 Å². The monoisotopic (exact) mass is 274 g/mol. The fourth-order valence-electron chi connectivity index (χ4n) is 1.77. The maximum atomic E-state index is 6.20. The number of nitrogens with one attached hydrogen (secondary N) is 1. The molecule has 0 aliphatic heterocycles. The second-order valence-corrected chi connectivity index (χ2v) is 4.88. The maximum absolute atomic E-state index is 6.20. The van der Waals surface area contributed by atoms with E-state index in [2.05, 4.69) is 17.1 Å². The third kappa shape index (κ3) is 4.84. The molecule has 0 unspecified atom stereocenters. The number of rotatable bonds is 7.